The summed E-state index contributed by atoms with van der Waals surface area (Å²) in [6, 6.07) is 12.0. The van der Waals surface area contributed by atoms with Crippen LogP contribution in [0.4, 0.5) is 0 Å². The summed E-state index contributed by atoms with van der Waals surface area (Å²) in [6.07, 6.45) is -0.473. The van der Waals surface area contributed by atoms with Gasteiger partial charge in [0.25, 0.3) is 0 Å². The lowest BCUT2D eigenvalue weighted by Crippen LogP contribution is -2.55. The molecule has 5 nitrogen and oxygen atoms in total. The molecule has 1 saturated heterocycles. The molecule has 4 rings (SSSR count). The van der Waals surface area contributed by atoms with Gasteiger partial charge in [-0.05, 0) is 66.0 Å². The summed E-state index contributed by atoms with van der Waals surface area (Å²) in [5.74, 6) is 0. The van der Waals surface area contributed by atoms with Crippen molar-refractivity contribution in [1.29, 1.82) is 0 Å². The van der Waals surface area contributed by atoms with Crippen LogP contribution < -0.4 is 0 Å². The summed E-state index contributed by atoms with van der Waals surface area (Å²) >= 11 is 6.44. The summed E-state index contributed by atoms with van der Waals surface area (Å²) in [6.45, 7) is -0.447. The number of aryl methyl sites for hydroxylation is 2. The Labute approximate surface area is 175 Å². The van der Waals surface area contributed by atoms with Crippen LogP contribution in [-0.2, 0) is 24.0 Å². The van der Waals surface area contributed by atoms with E-state index in [-0.39, 0.29) is 0 Å². The van der Waals surface area contributed by atoms with E-state index in [0.29, 0.717) is 17.0 Å². The Morgan fingerprint density at radius 3 is 2.41 bits per heavy atom. The molecular formula is C23H27ClO5. The van der Waals surface area contributed by atoms with E-state index in [1.165, 1.54) is 29.5 Å². The first-order valence-corrected chi connectivity index (χ1v) is 10.5. The first kappa shape index (κ1) is 20.8. The number of ether oxygens (including phenoxy) is 1. The van der Waals surface area contributed by atoms with Gasteiger partial charge in [-0.2, -0.15) is 0 Å². The Morgan fingerprint density at radius 1 is 0.897 bits per heavy atom. The molecule has 156 valence electrons. The van der Waals surface area contributed by atoms with Crippen molar-refractivity contribution in [2.45, 2.75) is 62.6 Å². The molecule has 1 heterocycles. The van der Waals surface area contributed by atoms with Crippen LogP contribution in [0, 0.1) is 0 Å². The molecule has 29 heavy (non-hydrogen) atoms. The third kappa shape index (κ3) is 4.22. The maximum absolute atomic E-state index is 10.4. The zero-order valence-electron chi connectivity index (χ0n) is 16.2. The average Bonchev–Trinajstić information content (AvgIpc) is 2.74. The number of aliphatic hydroxyl groups is 4. The third-order valence-corrected chi connectivity index (χ3v) is 6.47. The highest BCUT2D eigenvalue weighted by Crippen LogP contribution is 2.34. The highest BCUT2D eigenvalue weighted by molar-refractivity contribution is 6.31. The molecule has 2 aromatic rings. The first-order valence-electron chi connectivity index (χ1n) is 10.2. The Hall–Kier alpha value is -1.47. The minimum atomic E-state index is -1.40. The fourth-order valence-electron chi connectivity index (χ4n) is 4.40. The second-order valence-electron chi connectivity index (χ2n) is 8.09. The fourth-order valence-corrected chi connectivity index (χ4v) is 4.59. The molecule has 0 unspecified atom stereocenters. The van der Waals surface area contributed by atoms with Gasteiger partial charge in [0.2, 0.25) is 0 Å². The highest BCUT2D eigenvalue weighted by atomic mass is 35.5. The normalized spacial score (nSPS) is 29.5. The van der Waals surface area contributed by atoms with Crippen LogP contribution in [0.5, 0.6) is 0 Å². The van der Waals surface area contributed by atoms with E-state index < -0.39 is 37.1 Å². The van der Waals surface area contributed by atoms with E-state index in [0.717, 1.165) is 18.4 Å². The summed E-state index contributed by atoms with van der Waals surface area (Å²) in [5.41, 5.74) is 5.57. The van der Waals surface area contributed by atoms with Gasteiger partial charge in [-0.3, -0.25) is 0 Å². The van der Waals surface area contributed by atoms with Crippen LogP contribution in [0.1, 0.15) is 46.8 Å². The van der Waals surface area contributed by atoms with Crippen molar-refractivity contribution in [2.24, 2.45) is 0 Å². The zero-order valence-corrected chi connectivity index (χ0v) is 16.9. The van der Waals surface area contributed by atoms with Crippen molar-refractivity contribution < 1.29 is 25.2 Å². The molecule has 0 bridgehead atoms. The number of hydrogen-bond acceptors (Lipinski definition) is 5. The van der Waals surface area contributed by atoms with E-state index >= 15 is 0 Å². The van der Waals surface area contributed by atoms with Crippen LogP contribution in [0.2, 0.25) is 5.02 Å². The van der Waals surface area contributed by atoms with E-state index in [2.05, 4.69) is 18.2 Å². The Balaban J connectivity index is 1.59. The minimum absolute atomic E-state index is 0.447. The van der Waals surface area contributed by atoms with Crippen molar-refractivity contribution >= 4 is 11.6 Å². The number of fused-ring (bicyclic) bond motifs is 1. The van der Waals surface area contributed by atoms with Gasteiger partial charge in [0.1, 0.15) is 30.5 Å². The smallest absolute Gasteiger partial charge is 0.113 e. The third-order valence-electron chi connectivity index (χ3n) is 6.10. The van der Waals surface area contributed by atoms with Crippen LogP contribution in [-0.4, -0.2) is 51.4 Å². The van der Waals surface area contributed by atoms with E-state index in [4.69, 9.17) is 16.3 Å². The van der Waals surface area contributed by atoms with Crippen LogP contribution in [0.25, 0.3) is 0 Å². The zero-order chi connectivity index (χ0) is 20.5. The first-order chi connectivity index (χ1) is 14.0. The molecular weight excluding hydrogens is 392 g/mol. The van der Waals surface area contributed by atoms with E-state index in [9.17, 15) is 20.4 Å². The van der Waals surface area contributed by atoms with Crippen LogP contribution >= 0.6 is 11.6 Å². The molecule has 0 spiro atoms. The van der Waals surface area contributed by atoms with Gasteiger partial charge in [-0.25, -0.2) is 0 Å². The monoisotopic (exact) mass is 418 g/mol. The van der Waals surface area contributed by atoms with Gasteiger partial charge in [-0.1, -0.05) is 41.9 Å². The van der Waals surface area contributed by atoms with Crippen molar-refractivity contribution in [2.75, 3.05) is 6.61 Å². The van der Waals surface area contributed by atoms with E-state index in [1.807, 2.05) is 6.07 Å². The minimum Gasteiger partial charge on any atom is -0.394 e. The van der Waals surface area contributed by atoms with Gasteiger partial charge >= 0.3 is 0 Å². The van der Waals surface area contributed by atoms with Crippen molar-refractivity contribution in [3.8, 4) is 0 Å². The lowest BCUT2D eigenvalue weighted by molar-refractivity contribution is -0.231. The van der Waals surface area contributed by atoms with Crippen LogP contribution in [0.15, 0.2) is 36.4 Å². The molecule has 6 heteroatoms. The molecule has 0 aromatic heterocycles. The second-order valence-corrected chi connectivity index (χ2v) is 8.49. The molecule has 2 aliphatic rings. The van der Waals surface area contributed by atoms with Crippen molar-refractivity contribution in [3.63, 3.8) is 0 Å². The number of halogens is 1. The lowest BCUT2D eigenvalue weighted by Gasteiger charge is -2.40. The predicted octanol–water partition coefficient (Wildman–Crippen LogP) is 2.32. The Morgan fingerprint density at radius 2 is 1.66 bits per heavy atom. The molecule has 1 aliphatic heterocycles. The molecule has 0 radical (unpaired) electrons. The number of aliphatic hydroxyl groups excluding tert-OH is 4. The largest absolute Gasteiger partial charge is 0.394 e. The van der Waals surface area contributed by atoms with Gasteiger partial charge < -0.3 is 25.2 Å². The van der Waals surface area contributed by atoms with E-state index in [1.54, 1.807) is 12.1 Å². The molecule has 2 aromatic carbocycles. The van der Waals surface area contributed by atoms with Gasteiger partial charge in [-0.15, -0.1) is 0 Å². The standard InChI is InChI=1S/C23H27ClO5/c24-18-8-7-16(23-22(28)21(27)20(26)19(12-25)29-23)11-17(18)10-13-5-6-14-3-1-2-4-15(14)9-13/h5-9,11,19-23,25-28H,1-4,10,12H2/t19-,20-,21+,22-,23+/m1/s1. The average molecular weight is 419 g/mol. The molecule has 1 fully saturated rings. The summed E-state index contributed by atoms with van der Waals surface area (Å²) in [5, 5.41) is 40.5. The maximum Gasteiger partial charge on any atom is 0.113 e. The number of benzene rings is 2. The maximum atomic E-state index is 10.4. The number of hydrogen-bond donors (Lipinski definition) is 4. The quantitative estimate of drug-likeness (QED) is 0.612. The topological polar surface area (TPSA) is 90.2 Å². The molecule has 4 N–H and O–H groups in total. The van der Waals surface area contributed by atoms with Gasteiger partial charge in [0.05, 0.1) is 6.61 Å². The number of rotatable bonds is 4. The summed E-state index contributed by atoms with van der Waals surface area (Å²) < 4.78 is 5.68. The Kier molecular flexibility index (Phi) is 6.25. The van der Waals surface area contributed by atoms with Gasteiger partial charge in [0, 0.05) is 5.02 Å². The molecule has 5 atom stereocenters. The lowest BCUT2D eigenvalue weighted by atomic mass is 9.88. The molecule has 1 aliphatic carbocycles. The SMILES string of the molecule is OC[C@H]1O[C@@H](c2ccc(Cl)c(Cc3ccc4c(c3)CCCC4)c2)[C@H](O)[C@@H](O)[C@@H]1O. The Bertz CT molecular complexity index is 868. The highest BCUT2D eigenvalue weighted by Gasteiger charge is 2.44. The fraction of sp³-hybridized carbons (Fsp3) is 0.478. The molecule has 0 saturated carbocycles. The second kappa shape index (κ2) is 8.72. The van der Waals surface area contributed by atoms with Crippen molar-refractivity contribution in [3.05, 3.63) is 69.2 Å². The molecule has 0 amide bonds. The van der Waals surface area contributed by atoms with Crippen LogP contribution in [0.3, 0.4) is 0 Å². The summed E-state index contributed by atoms with van der Waals surface area (Å²) in [7, 11) is 0. The predicted molar refractivity (Wildman–Crippen MR) is 110 cm³/mol. The summed E-state index contributed by atoms with van der Waals surface area (Å²) in [4.78, 5) is 0. The van der Waals surface area contributed by atoms with Gasteiger partial charge in [0.15, 0.2) is 0 Å². The van der Waals surface area contributed by atoms with Crippen molar-refractivity contribution in [1.82, 2.24) is 0 Å².